The van der Waals surface area contributed by atoms with Crippen LogP contribution in [0.5, 0.6) is 0 Å². The normalized spacial score (nSPS) is 11.7. The number of amides is 3. The van der Waals surface area contributed by atoms with E-state index in [0.29, 0.717) is 12.1 Å². The summed E-state index contributed by atoms with van der Waals surface area (Å²) in [6.07, 6.45) is 2.41. The Bertz CT molecular complexity index is 448. The fourth-order valence-electron chi connectivity index (χ4n) is 1.77. The molecule has 1 unspecified atom stereocenters. The van der Waals surface area contributed by atoms with E-state index in [9.17, 15) is 9.59 Å². The lowest BCUT2D eigenvalue weighted by molar-refractivity contribution is -0.121. The first-order valence-electron chi connectivity index (χ1n) is 6.54. The van der Waals surface area contributed by atoms with Gasteiger partial charge in [0, 0.05) is 17.4 Å². The fourth-order valence-corrected chi connectivity index (χ4v) is 2.17. The lowest BCUT2D eigenvalue weighted by Gasteiger charge is -2.15. The van der Waals surface area contributed by atoms with Crippen LogP contribution < -0.4 is 16.4 Å². The van der Waals surface area contributed by atoms with Gasteiger partial charge in [-0.25, -0.2) is 4.79 Å². The third-order valence-electron chi connectivity index (χ3n) is 2.84. The van der Waals surface area contributed by atoms with Crippen molar-refractivity contribution in [3.8, 4) is 0 Å². The average molecular weight is 342 g/mol. The molecular formula is C14H20BrN3O2. The summed E-state index contributed by atoms with van der Waals surface area (Å²) in [5.74, 6) is 0.0535. The minimum absolute atomic E-state index is 0.0535. The second-order valence-electron chi connectivity index (χ2n) is 4.55. The number of benzene rings is 1. The number of unbranched alkanes of at least 4 members (excludes halogenated alkanes) is 1. The molecule has 3 amide bonds. The van der Waals surface area contributed by atoms with Gasteiger partial charge in [0.2, 0.25) is 5.91 Å². The molecule has 1 aromatic rings. The number of primary amides is 1. The van der Waals surface area contributed by atoms with Crippen molar-refractivity contribution in [2.45, 2.75) is 32.2 Å². The molecule has 0 spiro atoms. The van der Waals surface area contributed by atoms with E-state index in [2.05, 4.69) is 26.6 Å². The van der Waals surface area contributed by atoms with Crippen LogP contribution in [0.4, 0.5) is 10.5 Å². The van der Waals surface area contributed by atoms with Gasteiger partial charge in [0.1, 0.15) is 0 Å². The van der Waals surface area contributed by atoms with Crippen LogP contribution in [0.2, 0.25) is 0 Å². The molecule has 1 atom stereocenters. The van der Waals surface area contributed by atoms with Gasteiger partial charge >= 0.3 is 6.03 Å². The highest BCUT2D eigenvalue weighted by molar-refractivity contribution is 9.09. The predicted octanol–water partition coefficient (Wildman–Crippen LogP) is 2.92. The molecule has 0 aliphatic carbocycles. The van der Waals surface area contributed by atoms with Crippen LogP contribution in [0.3, 0.4) is 0 Å². The van der Waals surface area contributed by atoms with E-state index < -0.39 is 6.03 Å². The number of halogens is 1. The molecule has 6 heteroatoms. The molecule has 0 saturated carbocycles. The van der Waals surface area contributed by atoms with E-state index in [4.69, 9.17) is 5.73 Å². The van der Waals surface area contributed by atoms with Gasteiger partial charge in [-0.15, -0.1) is 0 Å². The maximum absolute atomic E-state index is 11.7. The van der Waals surface area contributed by atoms with Crippen LogP contribution in [0.25, 0.3) is 0 Å². The van der Waals surface area contributed by atoms with E-state index >= 15 is 0 Å². The second-order valence-corrected chi connectivity index (χ2v) is 5.34. The number of anilines is 1. The molecular weight excluding hydrogens is 322 g/mol. The predicted molar refractivity (Wildman–Crippen MR) is 83.9 cm³/mol. The van der Waals surface area contributed by atoms with Crippen LogP contribution in [0.15, 0.2) is 24.3 Å². The molecule has 0 heterocycles. The molecule has 5 nitrogen and oxygen atoms in total. The highest BCUT2D eigenvalue weighted by atomic mass is 79.9. The van der Waals surface area contributed by atoms with Gasteiger partial charge in [-0.1, -0.05) is 28.1 Å². The zero-order valence-corrected chi connectivity index (χ0v) is 13.1. The van der Waals surface area contributed by atoms with Crippen LogP contribution in [-0.2, 0) is 4.79 Å². The number of hydrogen-bond donors (Lipinski definition) is 3. The molecule has 110 valence electrons. The van der Waals surface area contributed by atoms with E-state index in [1.54, 1.807) is 12.1 Å². The Kier molecular flexibility index (Phi) is 7.08. The minimum atomic E-state index is -0.592. The molecule has 4 N–H and O–H groups in total. The Morgan fingerprint density at radius 2 is 1.90 bits per heavy atom. The van der Waals surface area contributed by atoms with Crippen molar-refractivity contribution in [3.63, 3.8) is 0 Å². The molecule has 1 aromatic carbocycles. The molecule has 0 radical (unpaired) electrons. The number of urea groups is 1. The van der Waals surface area contributed by atoms with Crippen LogP contribution in [0, 0.1) is 0 Å². The largest absolute Gasteiger partial charge is 0.351 e. The molecule has 0 aromatic heterocycles. The number of rotatable bonds is 7. The standard InChI is InChI=1S/C14H20BrN3O2/c1-10(17-13(19)4-2-3-9-15)11-5-7-12(8-6-11)18-14(16)20/h5-8,10H,2-4,9H2,1H3,(H,17,19)(H3,16,18,20). The zero-order chi connectivity index (χ0) is 15.0. The van der Waals surface area contributed by atoms with Crippen molar-refractivity contribution in [2.24, 2.45) is 5.73 Å². The topological polar surface area (TPSA) is 84.2 Å². The number of nitrogens with two attached hydrogens (primary N) is 1. The number of carbonyl (C=O) groups is 2. The summed E-state index contributed by atoms with van der Waals surface area (Å²) in [4.78, 5) is 22.4. The van der Waals surface area contributed by atoms with Gasteiger partial charge < -0.3 is 16.4 Å². The molecule has 0 saturated heterocycles. The van der Waals surface area contributed by atoms with Crippen molar-refractivity contribution >= 4 is 33.6 Å². The molecule has 0 fully saturated rings. The minimum Gasteiger partial charge on any atom is -0.351 e. The lowest BCUT2D eigenvalue weighted by atomic mass is 10.1. The van der Waals surface area contributed by atoms with E-state index in [-0.39, 0.29) is 11.9 Å². The first-order valence-corrected chi connectivity index (χ1v) is 7.67. The summed E-state index contributed by atoms with van der Waals surface area (Å²) in [6, 6.07) is 6.57. The Hall–Kier alpha value is -1.56. The van der Waals surface area contributed by atoms with Crippen molar-refractivity contribution < 1.29 is 9.59 Å². The van der Waals surface area contributed by atoms with Gasteiger partial charge in [0.25, 0.3) is 0 Å². The number of nitrogens with one attached hydrogen (secondary N) is 2. The monoisotopic (exact) mass is 341 g/mol. The first-order chi connectivity index (χ1) is 9.52. The fraction of sp³-hybridized carbons (Fsp3) is 0.429. The summed E-state index contributed by atoms with van der Waals surface area (Å²) in [6.45, 7) is 1.93. The number of hydrogen-bond acceptors (Lipinski definition) is 2. The van der Waals surface area contributed by atoms with Crippen molar-refractivity contribution in [1.82, 2.24) is 5.32 Å². The zero-order valence-electron chi connectivity index (χ0n) is 11.5. The van der Waals surface area contributed by atoms with Crippen LogP contribution >= 0.6 is 15.9 Å². The van der Waals surface area contributed by atoms with Gasteiger partial charge in [0.15, 0.2) is 0 Å². The van der Waals surface area contributed by atoms with Gasteiger partial charge in [-0.2, -0.15) is 0 Å². The number of alkyl halides is 1. The lowest BCUT2D eigenvalue weighted by Crippen LogP contribution is -2.26. The average Bonchev–Trinajstić information content (AvgIpc) is 2.39. The Morgan fingerprint density at radius 1 is 1.25 bits per heavy atom. The third kappa shape index (κ3) is 6.06. The Morgan fingerprint density at radius 3 is 2.45 bits per heavy atom. The Labute approximate surface area is 127 Å². The smallest absolute Gasteiger partial charge is 0.316 e. The summed E-state index contributed by atoms with van der Waals surface area (Å²) in [5.41, 5.74) is 6.65. The first kappa shape index (κ1) is 16.5. The highest BCUT2D eigenvalue weighted by Gasteiger charge is 2.09. The highest BCUT2D eigenvalue weighted by Crippen LogP contribution is 2.16. The van der Waals surface area contributed by atoms with E-state index in [0.717, 1.165) is 23.7 Å². The van der Waals surface area contributed by atoms with Crippen molar-refractivity contribution in [3.05, 3.63) is 29.8 Å². The molecule has 0 aliphatic rings. The maximum atomic E-state index is 11.7. The quantitative estimate of drug-likeness (QED) is 0.526. The summed E-state index contributed by atoms with van der Waals surface area (Å²) >= 11 is 3.34. The summed E-state index contributed by atoms with van der Waals surface area (Å²) < 4.78 is 0. The molecule has 20 heavy (non-hydrogen) atoms. The molecule has 0 aliphatic heterocycles. The summed E-state index contributed by atoms with van der Waals surface area (Å²) in [7, 11) is 0. The Balaban J connectivity index is 2.48. The van der Waals surface area contributed by atoms with Gasteiger partial charge in [-0.05, 0) is 37.5 Å². The summed E-state index contributed by atoms with van der Waals surface area (Å²) in [5, 5.41) is 6.36. The van der Waals surface area contributed by atoms with Crippen LogP contribution in [-0.4, -0.2) is 17.3 Å². The molecule has 1 rings (SSSR count). The SMILES string of the molecule is CC(NC(=O)CCCCBr)c1ccc(NC(N)=O)cc1. The molecule has 0 bridgehead atoms. The maximum Gasteiger partial charge on any atom is 0.316 e. The van der Waals surface area contributed by atoms with Crippen molar-refractivity contribution in [2.75, 3.05) is 10.6 Å². The third-order valence-corrected chi connectivity index (χ3v) is 3.40. The number of carbonyl (C=O) groups excluding carboxylic acids is 2. The van der Waals surface area contributed by atoms with E-state index in [1.165, 1.54) is 0 Å². The van der Waals surface area contributed by atoms with Gasteiger partial charge in [0.05, 0.1) is 6.04 Å². The van der Waals surface area contributed by atoms with Crippen LogP contribution in [0.1, 0.15) is 37.8 Å². The van der Waals surface area contributed by atoms with Gasteiger partial charge in [-0.3, -0.25) is 4.79 Å². The second kappa shape index (κ2) is 8.58. The van der Waals surface area contributed by atoms with Crippen molar-refractivity contribution in [1.29, 1.82) is 0 Å². The van der Waals surface area contributed by atoms with E-state index in [1.807, 2.05) is 19.1 Å².